The summed E-state index contributed by atoms with van der Waals surface area (Å²) in [5.74, 6) is 0.607. The third-order valence-electron chi connectivity index (χ3n) is 3.39. The van der Waals surface area contributed by atoms with Crippen molar-refractivity contribution in [3.05, 3.63) is 59.1 Å². The number of rotatable bonds is 7. The Morgan fingerprint density at radius 1 is 1.35 bits per heavy atom. The quantitative estimate of drug-likeness (QED) is 0.656. The van der Waals surface area contributed by atoms with Crippen molar-refractivity contribution in [1.82, 2.24) is 13.9 Å². The SMILES string of the molecule is Cn1cnc(S(=O)(=O)N(CCc2cccs2)Cc2ccco2)c1. The fourth-order valence-corrected chi connectivity index (χ4v) is 4.28. The molecule has 0 atom stereocenters. The lowest BCUT2D eigenvalue weighted by atomic mass is 10.3. The van der Waals surface area contributed by atoms with Gasteiger partial charge in [-0.1, -0.05) is 6.07 Å². The Morgan fingerprint density at radius 3 is 2.83 bits per heavy atom. The second-order valence-electron chi connectivity index (χ2n) is 5.12. The molecule has 0 unspecified atom stereocenters. The highest BCUT2D eigenvalue weighted by Gasteiger charge is 2.27. The minimum absolute atomic E-state index is 0.0535. The van der Waals surface area contributed by atoms with Crippen LogP contribution in [0.4, 0.5) is 0 Å². The summed E-state index contributed by atoms with van der Waals surface area (Å²) in [6.07, 6.45) is 5.19. The second kappa shape index (κ2) is 6.69. The number of aryl methyl sites for hydroxylation is 1. The van der Waals surface area contributed by atoms with Crippen molar-refractivity contribution in [3.63, 3.8) is 0 Å². The molecule has 6 nitrogen and oxygen atoms in total. The van der Waals surface area contributed by atoms with Gasteiger partial charge < -0.3 is 8.98 Å². The highest BCUT2D eigenvalue weighted by molar-refractivity contribution is 7.89. The van der Waals surface area contributed by atoms with Crippen LogP contribution >= 0.6 is 11.3 Å². The minimum Gasteiger partial charge on any atom is -0.468 e. The van der Waals surface area contributed by atoms with Crippen molar-refractivity contribution in [1.29, 1.82) is 0 Å². The number of thiophene rings is 1. The monoisotopic (exact) mass is 351 g/mol. The zero-order chi connectivity index (χ0) is 16.3. The highest BCUT2D eigenvalue weighted by atomic mass is 32.2. The van der Waals surface area contributed by atoms with Crippen LogP contribution in [0.5, 0.6) is 0 Å². The van der Waals surface area contributed by atoms with Gasteiger partial charge in [-0.25, -0.2) is 13.4 Å². The second-order valence-corrected chi connectivity index (χ2v) is 8.04. The van der Waals surface area contributed by atoms with Crippen LogP contribution in [-0.2, 0) is 30.0 Å². The smallest absolute Gasteiger partial charge is 0.262 e. The van der Waals surface area contributed by atoms with Crippen molar-refractivity contribution in [2.75, 3.05) is 6.54 Å². The molecule has 0 saturated carbocycles. The lowest BCUT2D eigenvalue weighted by Gasteiger charge is -2.19. The van der Waals surface area contributed by atoms with Gasteiger partial charge in [0.05, 0.1) is 19.1 Å². The first-order chi connectivity index (χ1) is 11.1. The molecule has 122 valence electrons. The molecule has 0 aliphatic rings. The molecule has 0 spiro atoms. The van der Waals surface area contributed by atoms with Crippen molar-refractivity contribution < 1.29 is 12.8 Å². The van der Waals surface area contributed by atoms with E-state index < -0.39 is 10.0 Å². The molecule has 0 radical (unpaired) electrons. The van der Waals surface area contributed by atoms with E-state index in [4.69, 9.17) is 4.42 Å². The van der Waals surface area contributed by atoms with Crippen LogP contribution in [0.3, 0.4) is 0 Å². The third kappa shape index (κ3) is 3.72. The van der Waals surface area contributed by atoms with E-state index >= 15 is 0 Å². The molecule has 0 aromatic carbocycles. The van der Waals surface area contributed by atoms with E-state index in [-0.39, 0.29) is 11.6 Å². The third-order valence-corrected chi connectivity index (χ3v) is 6.05. The summed E-state index contributed by atoms with van der Waals surface area (Å²) in [7, 11) is -1.92. The molecule has 0 N–H and O–H groups in total. The Kier molecular flexibility index (Phi) is 4.65. The van der Waals surface area contributed by atoms with Gasteiger partial charge in [0, 0.05) is 24.7 Å². The number of sulfonamides is 1. The number of hydrogen-bond acceptors (Lipinski definition) is 5. The Morgan fingerprint density at radius 2 is 2.22 bits per heavy atom. The van der Waals surface area contributed by atoms with E-state index in [0.717, 1.165) is 4.88 Å². The number of imidazole rings is 1. The van der Waals surface area contributed by atoms with E-state index in [9.17, 15) is 8.42 Å². The molecular formula is C15H17N3O3S2. The van der Waals surface area contributed by atoms with Gasteiger partial charge in [-0.3, -0.25) is 0 Å². The topological polar surface area (TPSA) is 68.3 Å². The van der Waals surface area contributed by atoms with Gasteiger partial charge in [0.25, 0.3) is 10.0 Å². The van der Waals surface area contributed by atoms with Crippen LogP contribution in [0.1, 0.15) is 10.6 Å². The van der Waals surface area contributed by atoms with E-state index in [1.807, 2.05) is 17.5 Å². The standard InChI is InChI=1S/C15H17N3O3S2/c1-17-11-15(16-12-17)23(19,20)18(10-13-4-2-8-21-13)7-6-14-5-3-9-22-14/h2-5,8-9,11-12H,6-7,10H2,1H3. The maximum absolute atomic E-state index is 12.8. The van der Waals surface area contributed by atoms with Crippen LogP contribution in [0.25, 0.3) is 0 Å². The zero-order valence-corrected chi connectivity index (χ0v) is 14.3. The molecule has 0 saturated heterocycles. The number of hydrogen-bond donors (Lipinski definition) is 0. The molecule has 23 heavy (non-hydrogen) atoms. The normalized spacial score (nSPS) is 12.1. The van der Waals surface area contributed by atoms with Crippen LogP contribution < -0.4 is 0 Å². The number of aromatic nitrogens is 2. The zero-order valence-electron chi connectivity index (χ0n) is 12.6. The molecule has 0 aliphatic carbocycles. The van der Waals surface area contributed by atoms with E-state index in [0.29, 0.717) is 18.7 Å². The molecule has 3 rings (SSSR count). The van der Waals surface area contributed by atoms with Crippen molar-refractivity contribution in [2.24, 2.45) is 7.05 Å². The summed E-state index contributed by atoms with van der Waals surface area (Å²) >= 11 is 1.62. The van der Waals surface area contributed by atoms with Crippen LogP contribution in [-0.4, -0.2) is 28.8 Å². The van der Waals surface area contributed by atoms with Crippen molar-refractivity contribution >= 4 is 21.4 Å². The van der Waals surface area contributed by atoms with Gasteiger partial charge in [-0.05, 0) is 30.0 Å². The first-order valence-electron chi connectivity index (χ1n) is 7.08. The summed E-state index contributed by atoms with van der Waals surface area (Å²) < 4.78 is 34.0. The van der Waals surface area contributed by atoms with Crippen LogP contribution in [0.15, 0.2) is 57.9 Å². The predicted octanol–water partition coefficient (Wildman–Crippen LogP) is 2.51. The fraction of sp³-hybridized carbons (Fsp3) is 0.267. The van der Waals surface area contributed by atoms with Gasteiger partial charge in [0.1, 0.15) is 5.76 Å². The minimum atomic E-state index is -3.66. The van der Waals surface area contributed by atoms with E-state index in [2.05, 4.69) is 4.98 Å². The molecule has 3 aromatic heterocycles. The Bertz CT molecular complexity index is 837. The molecule has 0 fully saturated rings. The Labute approximate surface area is 139 Å². The average Bonchev–Trinajstić information content (AvgIpc) is 3.25. The molecule has 0 amide bonds. The molecule has 3 heterocycles. The Balaban J connectivity index is 1.84. The van der Waals surface area contributed by atoms with Gasteiger partial charge in [0.15, 0.2) is 5.03 Å². The van der Waals surface area contributed by atoms with Crippen LogP contribution in [0, 0.1) is 0 Å². The van der Waals surface area contributed by atoms with E-state index in [1.54, 1.807) is 41.3 Å². The summed E-state index contributed by atoms with van der Waals surface area (Å²) in [5.41, 5.74) is 0. The van der Waals surface area contributed by atoms with Gasteiger partial charge >= 0.3 is 0 Å². The number of nitrogens with zero attached hydrogens (tertiary/aromatic N) is 3. The fourth-order valence-electron chi connectivity index (χ4n) is 2.20. The average molecular weight is 351 g/mol. The Hall–Kier alpha value is -1.90. The maximum atomic E-state index is 12.8. The first kappa shape index (κ1) is 16.0. The lowest BCUT2D eigenvalue weighted by molar-refractivity contribution is 0.365. The summed E-state index contributed by atoms with van der Waals surface area (Å²) in [4.78, 5) is 5.13. The molecule has 8 heteroatoms. The molecular weight excluding hydrogens is 334 g/mol. The summed E-state index contributed by atoms with van der Waals surface area (Å²) in [5, 5.41) is 2.04. The number of furan rings is 1. The molecule has 3 aromatic rings. The first-order valence-corrected chi connectivity index (χ1v) is 9.40. The largest absolute Gasteiger partial charge is 0.468 e. The van der Waals surface area contributed by atoms with E-state index in [1.165, 1.54) is 16.8 Å². The lowest BCUT2D eigenvalue weighted by Crippen LogP contribution is -2.32. The van der Waals surface area contributed by atoms with Crippen LogP contribution in [0.2, 0.25) is 0 Å². The summed E-state index contributed by atoms with van der Waals surface area (Å²) in [6.45, 7) is 0.567. The molecule has 0 bridgehead atoms. The highest BCUT2D eigenvalue weighted by Crippen LogP contribution is 2.19. The van der Waals surface area contributed by atoms with Gasteiger partial charge in [0.2, 0.25) is 0 Å². The molecule has 0 aliphatic heterocycles. The maximum Gasteiger partial charge on any atom is 0.262 e. The van der Waals surface area contributed by atoms with Crippen molar-refractivity contribution in [2.45, 2.75) is 18.0 Å². The summed E-state index contributed by atoms with van der Waals surface area (Å²) in [6, 6.07) is 7.49. The van der Waals surface area contributed by atoms with Crippen molar-refractivity contribution in [3.8, 4) is 0 Å². The predicted molar refractivity (Wildman–Crippen MR) is 87.5 cm³/mol. The van der Waals surface area contributed by atoms with Gasteiger partial charge in [-0.15, -0.1) is 11.3 Å². The van der Waals surface area contributed by atoms with Gasteiger partial charge in [-0.2, -0.15) is 4.31 Å².